The number of carbonyl (C=O) groups excluding carboxylic acids is 1. The van der Waals surface area contributed by atoms with Gasteiger partial charge >= 0.3 is 0 Å². The monoisotopic (exact) mass is 249 g/mol. The summed E-state index contributed by atoms with van der Waals surface area (Å²) in [7, 11) is 0. The quantitative estimate of drug-likeness (QED) is 0.839. The molecule has 100 valence electrons. The average Bonchev–Trinajstić information content (AvgIpc) is 2.39. The molecule has 0 spiro atoms. The third-order valence-corrected chi connectivity index (χ3v) is 3.27. The maximum atomic E-state index is 12.4. The Morgan fingerprint density at radius 3 is 2.56 bits per heavy atom. The third-order valence-electron chi connectivity index (χ3n) is 3.27. The van der Waals surface area contributed by atoms with E-state index in [0.717, 1.165) is 25.8 Å². The molecule has 0 saturated carbocycles. The Morgan fingerprint density at radius 2 is 2.00 bits per heavy atom. The minimum atomic E-state index is -0.0732. The second-order valence-electron chi connectivity index (χ2n) is 4.63. The van der Waals surface area contributed by atoms with Crippen molar-refractivity contribution < 1.29 is 9.90 Å². The zero-order chi connectivity index (χ0) is 13.5. The SMILES string of the molecule is CCCCN(C(=O)c1ccccc1O)C(C)CC. The lowest BCUT2D eigenvalue weighted by atomic mass is 10.1. The molecule has 0 aliphatic rings. The first-order valence-corrected chi connectivity index (χ1v) is 6.70. The van der Waals surface area contributed by atoms with E-state index in [4.69, 9.17) is 0 Å². The molecule has 0 bridgehead atoms. The highest BCUT2D eigenvalue weighted by Gasteiger charge is 2.21. The van der Waals surface area contributed by atoms with Crippen LogP contribution >= 0.6 is 0 Å². The van der Waals surface area contributed by atoms with Crippen LogP contribution in [0.3, 0.4) is 0 Å². The molecule has 0 saturated heterocycles. The largest absolute Gasteiger partial charge is 0.507 e. The van der Waals surface area contributed by atoms with Crippen LogP contribution < -0.4 is 0 Å². The first kappa shape index (κ1) is 14.6. The number of para-hydroxylation sites is 1. The molecular weight excluding hydrogens is 226 g/mol. The highest BCUT2D eigenvalue weighted by Crippen LogP contribution is 2.20. The highest BCUT2D eigenvalue weighted by molar-refractivity contribution is 5.96. The Labute approximate surface area is 109 Å². The molecule has 0 heterocycles. The molecule has 1 unspecified atom stereocenters. The van der Waals surface area contributed by atoms with Gasteiger partial charge in [-0.2, -0.15) is 0 Å². The van der Waals surface area contributed by atoms with Gasteiger partial charge in [0.15, 0.2) is 0 Å². The van der Waals surface area contributed by atoms with Gasteiger partial charge in [-0.1, -0.05) is 32.4 Å². The van der Waals surface area contributed by atoms with Crippen molar-refractivity contribution in [1.82, 2.24) is 4.90 Å². The molecule has 0 radical (unpaired) electrons. The summed E-state index contributed by atoms with van der Waals surface area (Å²) in [4.78, 5) is 14.3. The lowest BCUT2D eigenvalue weighted by Gasteiger charge is -2.29. The van der Waals surface area contributed by atoms with Gasteiger partial charge in [-0.3, -0.25) is 4.79 Å². The summed E-state index contributed by atoms with van der Waals surface area (Å²) in [5, 5.41) is 9.76. The van der Waals surface area contributed by atoms with Crippen molar-refractivity contribution in [2.75, 3.05) is 6.54 Å². The molecule has 1 N–H and O–H groups in total. The second kappa shape index (κ2) is 7.04. The number of nitrogens with zero attached hydrogens (tertiary/aromatic N) is 1. The van der Waals surface area contributed by atoms with Gasteiger partial charge in [0, 0.05) is 12.6 Å². The van der Waals surface area contributed by atoms with Crippen LogP contribution in [0.1, 0.15) is 50.4 Å². The smallest absolute Gasteiger partial charge is 0.257 e. The molecular formula is C15H23NO2. The van der Waals surface area contributed by atoms with Crippen LogP contribution in [-0.2, 0) is 0 Å². The van der Waals surface area contributed by atoms with Gasteiger partial charge in [0.25, 0.3) is 5.91 Å². The summed E-state index contributed by atoms with van der Waals surface area (Å²) >= 11 is 0. The van der Waals surface area contributed by atoms with E-state index in [2.05, 4.69) is 13.8 Å². The molecule has 3 heteroatoms. The minimum absolute atomic E-state index is 0.0623. The summed E-state index contributed by atoms with van der Waals surface area (Å²) in [6, 6.07) is 6.94. The summed E-state index contributed by atoms with van der Waals surface area (Å²) in [5.74, 6) is -0.0109. The number of hydrogen-bond acceptors (Lipinski definition) is 2. The molecule has 1 atom stereocenters. The fraction of sp³-hybridized carbons (Fsp3) is 0.533. The Morgan fingerprint density at radius 1 is 1.33 bits per heavy atom. The molecule has 0 fully saturated rings. The lowest BCUT2D eigenvalue weighted by Crippen LogP contribution is -2.39. The van der Waals surface area contributed by atoms with Gasteiger partial charge in [0.05, 0.1) is 5.56 Å². The number of aromatic hydroxyl groups is 1. The van der Waals surface area contributed by atoms with Crippen molar-refractivity contribution in [3.05, 3.63) is 29.8 Å². The average molecular weight is 249 g/mol. The van der Waals surface area contributed by atoms with Crippen molar-refractivity contribution in [2.24, 2.45) is 0 Å². The summed E-state index contributed by atoms with van der Waals surface area (Å²) in [5.41, 5.74) is 0.397. The normalized spacial score (nSPS) is 12.2. The molecule has 0 aromatic heterocycles. The van der Waals surface area contributed by atoms with Crippen molar-refractivity contribution >= 4 is 5.91 Å². The van der Waals surface area contributed by atoms with E-state index < -0.39 is 0 Å². The van der Waals surface area contributed by atoms with Crippen LogP contribution in [0.5, 0.6) is 5.75 Å². The van der Waals surface area contributed by atoms with E-state index in [0.29, 0.717) is 5.56 Å². The summed E-state index contributed by atoms with van der Waals surface area (Å²) < 4.78 is 0. The van der Waals surface area contributed by atoms with Crippen molar-refractivity contribution in [3.8, 4) is 5.75 Å². The topological polar surface area (TPSA) is 40.5 Å². The molecule has 1 aromatic rings. The van der Waals surface area contributed by atoms with Gasteiger partial charge in [-0.25, -0.2) is 0 Å². The van der Waals surface area contributed by atoms with Gasteiger partial charge in [0.2, 0.25) is 0 Å². The van der Waals surface area contributed by atoms with Crippen LogP contribution in [0, 0.1) is 0 Å². The summed E-state index contributed by atoms with van der Waals surface area (Å²) in [6.07, 6.45) is 2.97. The van der Waals surface area contributed by atoms with E-state index >= 15 is 0 Å². The van der Waals surface area contributed by atoms with Gasteiger partial charge in [-0.05, 0) is 31.9 Å². The van der Waals surface area contributed by atoms with Crippen molar-refractivity contribution in [2.45, 2.75) is 46.1 Å². The molecule has 1 amide bonds. The lowest BCUT2D eigenvalue weighted by molar-refractivity contribution is 0.0682. The Hall–Kier alpha value is -1.51. The molecule has 3 nitrogen and oxygen atoms in total. The maximum absolute atomic E-state index is 12.4. The molecule has 0 aliphatic carbocycles. The van der Waals surface area contributed by atoms with Gasteiger partial charge in [-0.15, -0.1) is 0 Å². The number of phenols is 1. The van der Waals surface area contributed by atoms with E-state index in [-0.39, 0.29) is 17.7 Å². The third kappa shape index (κ3) is 3.49. The van der Waals surface area contributed by atoms with Crippen LogP contribution in [0.4, 0.5) is 0 Å². The first-order valence-electron chi connectivity index (χ1n) is 6.70. The molecule has 0 aliphatic heterocycles. The fourth-order valence-electron chi connectivity index (χ4n) is 1.88. The van der Waals surface area contributed by atoms with Crippen LogP contribution in [0.2, 0.25) is 0 Å². The number of phenolic OH excluding ortho intramolecular Hbond substituents is 1. The van der Waals surface area contributed by atoms with E-state index in [1.165, 1.54) is 0 Å². The molecule has 1 aromatic carbocycles. The zero-order valence-electron chi connectivity index (χ0n) is 11.5. The highest BCUT2D eigenvalue weighted by atomic mass is 16.3. The summed E-state index contributed by atoms with van der Waals surface area (Å²) in [6.45, 7) is 6.98. The predicted octanol–water partition coefficient (Wildman–Crippen LogP) is 3.43. The van der Waals surface area contributed by atoms with Crippen LogP contribution in [-0.4, -0.2) is 28.5 Å². The first-order chi connectivity index (χ1) is 8.61. The van der Waals surface area contributed by atoms with Crippen molar-refractivity contribution in [1.29, 1.82) is 0 Å². The Kier molecular flexibility index (Phi) is 5.69. The van der Waals surface area contributed by atoms with Gasteiger partial charge < -0.3 is 10.0 Å². The number of benzene rings is 1. The number of rotatable bonds is 6. The van der Waals surface area contributed by atoms with E-state index in [1.54, 1.807) is 24.3 Å². The minimum Gasteiger partial charge on any atom is -0.507 e. The van der Waals surface area contributed by atoms with Crippen LogP contribution in [0.15, 0.2) is 24.3 Å². The number of hydrogen-bond donors (Lipinski definition) is 1. The van der Waals surface area contributed by atoms with Gasteiger partial charge in [0.1, 0.15) is 5.75 Å². The fourth-order valence-corrected chi connectivity index (χ4v) is 1.88. The zero-order valence-corrected chi connectivity index (χ0v) is 11.5. The van der Waals surface area contributed by atoms with E-state index in [9.17, 15) is 9.90 Å². The van der Waals surface area contributed by atoms with E-state index in [1.807, 2.05) is 11.8 Å². The van der Waals surface area contributed by atoms with Crippen molar-refractivity contribution in [3.63, 3.8) is 0 Å². The number of carbonyl (C=O) groups is 1. The standard InChI is InChI=1S/C15H23NO2/c1-4-6-11-16(12(3)5-2)15(18)13-9-7-8-10-14(13)17/h7-10,12,17H,4-6,11H2,1-3H3. The Balaban J connectivity index is 2.91. The number of amides is 1. The Bertz CT molecular complexity index is 390. The second-order valence-corrected chi connectivity index (χ2v) is 4.63. The molecule has 1 rings (SSSR count). The van der Waals surface area contributed by atoms with Crippen LogP contribution in [0.25, 0.3) is 0 Å². The predicted molar refractivity (Wildman–Crippen MR) is 73.8 cm³/mol. The maximum Gasteiger partial charge on any atom is 0.257 e. The molecule has 18 heavy (non-hydrogen) atoms. The number of unbranched alkanes of at least 4 members (excludes halogenated alkanes) is 1.